The van der Waals surface area contributed by atoms with Crippen molar-refractivity contribution in [3.63, 3.8) is 0 Å². The second-order valence-electron chi connectivity index (χ2n) is 8.18. The minimum atomic E-state index is -0.839. The Labute approximate surface area is 183 Å². The van der Waals surface area contributed by atoms with Gasteiger partial charge in [-0.2, -0.15) is 0 Å². The van der Waals surface area contributed by atoms with E-state index in [1.807, 2.05) is 42.5 Å². The van der Waals surface area contributed by atoms with Crippen LogP contribution in [0.15, 0.2) is 54.6 Å². The van der Waals surface area contributed by atoms with Gasteiger partial charge in [-0.1, -0.05) is 66.9 Å². The van der Waals surface area contributed by atoms with Crippen molar-refractivity contribution in [2.45, 2.75) is 57.2 Å². The molecule has 2 aromatic rings. The number of rotatable bonds is 8. The SMILES string of the molecule is CC(=O)N[C@@H](CC(=O)N(Cc1ccccc1)CC1(O)CCCC1)c1ccc(Cl)cc1. The number of benzene rings is 2. The molecular weight excluding hydrogens is 400 g/mol. The van der Waals surface area contributed by atoms with E-state index < -0.39 is 11.6 Å². The molecule has 0 unspecified atom stereocenters. The van der Waals surface area contributed by atoms with E-state index in [9.17, 15) is 14.7 Å². The lowest BCUT2D eigenvalue weighted by molar-refractivity contribution is -0.136. The molecule has 1 aliphatic rings. The maximum atomic E-state index is 13.3. The molecule has 2 N–H and O–H groups in total. The van der Waals surface area contributed by atoms with Gasteiger partial charge >= 0.3 is 0 Å². The quantitative estimate of drug-likeness (QED) is 0.660. The first kappa shape index (κ1) is 22.3. The maximum absolute atomic E-state index is 13.3. The lowest BCUT2D eigenvalue weighted by Crippen LogP contribution is -2.45. The van der Waals surface area contributed by atoms with E-state index in [-0.39, 0.29) is 18.2 Å². The molecule has 0 heterocycles. The Hall–Kier alpha value is -2.37. The van der Waals surface area contributed by atoms with Crippen LogP contribution in [0.25, 0.3) is 0 Å². The minimum absolute atomic E-state index is 0.104. The van der Waals surface area contributed by atoms with Crippen molar-refractivity contribution in [2.24, 2.45) is 0 Å². The number of carbonyl (C=O) groups excluding carboxylic acids is 2. The van der Waals surface area contributed by atoms with Crippen molar-refractivity contribution in [1.82, 2.24) is 10.2 Å². The fourth-order valence-corrected chi connectivity index (χ4v) is 4.20. The zero-order valence-corrected chi connectivity index (χ0v) is 18.1. The Bertz CT molecular complexity index is 849. The fraction of sp³-hybridized carbons (Fsp3) is 0.417. The first-order chi connectivity index (χ1) is 14.3. The normalized spacial score (nSPS) is 16.1. The van der Waals surface area contributed by atoms with Crippen LogP contribution in [0.5, 0.6) is 0 Å². The highest BCUT2D eigenvalue weighted by Gasteiger charge is 2.35. The molecule has 160 valence electrons. The molecule has 0 saturated heterocycles. The summed E-state index contributed by atoms with van der Waals surface area (Å²) < 4.78 is 0. The van der Waals surface area contributed by atoms with E-state index in [1.165, 1.54) is 6.92 Å². The van der Waals surface area contributed by atoms with Gasteiger partial charge in [0.05, 0.1) is 18.1 Å². The van der Waals surface area contributed by atoms with E-state index >= 15 is 0 Å². The number of amides is 2. The van der Waals surface area contributed by atoms with Crippen LogP contribution < -0.4 is 5.32 Å². The molecule has 1 aliphatic carbocycles. The van der Waals surface area contributed by atoms with Crippen molar-refractivity contribution < 1.29 is 14.7 Å². The molecule has 0 aromatic heterocycles. The van der Waals surface area contributed by atoms with Crippen LogP contribution in [0.1, 0.15) is 56.2 Å². The van der Waals surface area contributed by atoms with Crippen LogP contribution in [0.4, 0.5) is 0 Å². The number of carbonyl (C=O) groups is 2. The van der Waals surface area contributed by atoms with Gasteiger partial charge in [0, 0.05) is 25.0 Å². The summed E-state index contributed by atoms with van der Waals surface area (Å²) in [7, 11) is 0. The van der Waals surface area contributed by atoms with Gasteiger partial charge in [-0.15, -0.1) is 0 Å². The van der Waals surface area contributed by atoms with Gasteiger partial charge in [0.1, 0.15) is 0 Å². The molecular formula is C24H29ClN2O3. The highest BCUT2D eigenvalue weighted by molar-refractivity contribution is 6.30. The number of aliphatic hydroxyl groups is 1. The predicted molar refractivity (Wildman–Crippen MR) is 118 cm³/mol. The van der Waals surface area contributed by atoms with E-state index in [0.29, 0.717) is 31.0 Å². The van der Waals surface area contributed by atoms with Crippen molar-refractivity contribution in [1.29, 1.82) is 0 Å². The molecule has 3 rings (SSSR count). The highest BCUT2D eigenvalue weighted by Crippen LogP contribution is 2.31. The van der Waals surface area contributed by atoms with E-state index in [2.05, 4.69) is 5.32 Å². The molecule has 1 saturated carbocycles. The minimum Gasteiger partial charge on any atom is -0.388 e. The van der Waals surface area contributed by atoms with Crippen molar-refractivity contribution >= 4 is 23.4 Å². The third-order valence-corrected chi connectivity index (χ3v) is 5.87. The molecule has 0 spiro atoms. The predicted octanol–water partition coefficient (Wildman–Crippen LogP) is 4.24. The summed E-state index contributed by atoms with van der Waals surface area (Å²) in [6, 6.07) is 16.5. The number of nitrogens with zero attached hydrogens (tertiary/aromatic N) is 1. The standard InChI is InChI=1S/C24H29ClN2O3/c1-18(28)26-22(20-9-11-21(25)12-10-20)15-23(29)27(16-19-7-3-2-4-8-19)17-24(30)13-5-6-14-24/h2-4,7-12,22,30H,5-6,13-17H2,1H3,(H,26,28)/t22-/m0/s1. The Morgan fingerprint density at radius 3 is 2.33 bits per heavy atom. The Kier molecular flexibility index (Phi) is 7.51. The second kappa shape index (κ2) is 10.1. The summed E-state index contributed by atoms with van der Waals surface area (Å²) in [5.41, 5.74) is 0.992. The smallest absolute Gasteiger partial charge is 0.225 e. The second-order valence-corrected chi connectivity index (χ2v) is 8.61. The zero-order chi connectivity index (χ0) is 21.6. The topological polar surface area (TPSA) is 69.6 Å². The van der Waals surface area contributed by atoms with Gasteiger partial charge in [-0.05, 0) is 36.1 Å². The molecule has 0 radical (unpaired) electrons. The summed E-state index contributed by atoms with van der Waals surface area (Å²) >= 11 is 5.99. The van der Waals surface area contributed by atoms with Crippen molar-refractivity contribution in [2.75, 3.05) is 6.54 Å². The Balaban J connectivity index is 1.80. The van der Waals surface area contributed by atoms with Crippen molar-refractivity contribution in [3.8, 4) is 0 Å². The summed E-state index contributed by atoms with van der Waals surface area (Å²) in [4.78, 5) is 26.8. The third-order valence-electron chi connectivity index (χ3n) is 5.62. The molecule has 5 nitrogen and oxygen atoms in total. The largest absolute Gasteiger partial charge is 0.388 e. The van der Waals surface area contributed by atoms with Gasteiger partial charge in [0.2, 0.25) is 11.8 Å². The number of nitrogens with one attached hydrogen (secondary N) is 1. The molecule has 0 aliphatic heterocycles. The Morgan fingerprint density at radius 2 is 1.73 bits per heavy atom. The fourth-order valence-electron chi connectivity index (χ4n) is 4.08. The van der Waals surface area contributed by atoms with Gasteiger partial charge in [-0.25, -0.2) is 0 Å². The van der Waals surface area contributed by atoms with Crippen LogP contribution in [-0.2, 0) is 16.1 Å². The zero-order valence-electron chi connectivity index (χ0n) is 17.3. The Morgan fingerprint density at radius 1 is 1.10 bits per heavy atom. The lowest BCUT2D eigenvalue weighted by atomic mass is 9.99. The summed E-state index contributed by atoms with van der Waals surface area (Å²) in [6.07, 6.45) is 3.48. The van der Waals surface area contributed by atoms with Crippen LogP contribution in [-0.4, -0.2) is 34.0 Å². The van der Waals surface area contributed by atoms with Gasteiger partial charge < -0.3 is 15.3 Å². The monoisotopic (exact) mass is 428 g/mol. The molecule has 1 fully saturated rings. The number of hydrogen-bond donors (Lipinski definition) is 2. The molecule has 6 heteroatoms. The van der Waals surface area contributed by atoms with Crippen LogP contribution in [0.3, 0.4) is 0 Å². The summed E-state index contributed by atoms with van der Waals surface area (Å²) in [5, 5.41) is 14.4. The molecule has 2 aromatic carbocycles. The van der Waals surface area contributed by atoms with E-state index in [0.717, 1.165) is 24.0 Å². The van der Waals surface area contributed by atoms with Gasteiger partial charge in [-0.3, -0.25) is 9.59 Å². The molecule has 1 atom stereocenters. The third kappa shape index (κ3) is 6.31. The maximum Gasteiger partial charge on any atom is 0.225 e. The van der Waals surface area contributed by atoms with E-state index in [4.69, 9.17) is 11.6 Å². The van der Waals surface area contributed by atoms with Crippen LogP contribution >= 0.6 is 11.6 Å². The average Bonchev–Trinajstić information content (AvgIpc) is 3.14. The van der Waals surface area contributed by atoms with Crippen molar-refractivity contribution in [3.05, 3.63) is 70.7 Å². The summed E-state index contributed by atoms with van der Waals surface area (Å²) in [5.74, 6) is -0.306. The van der Waals surface area contributed by atoms with Crippen LogP contribution in [0.2, 0.25) is 5.02 Å². The van der Waals surface area contributed by atoms with Crippen LogP contribution in [0, 0.1) is 0 Å². The number of halogens is 1. The first-order valence-electron chi connectivity index (χ1n) is 10.4. The van der Waals surface area contributed by atoms with E-state index in [1.54, 1.807) is 17.0 Å². The average molecular weight is 429 g/mol. The summed E-state index contributed by atoms with van der Waals surface area (Å²) in [6.45, 7) is 2.17. The highest BCUT2D eigenvalue weighted by atomic mass is 35.5. The van der Waals surface area contributed by atoms with Gasteiger partial charge in [0.25, 0.3) is 0 Å². The number of hydrogen-bond acceptors (Lipinski definition) is 3. The first-order valence-corrected chi connectivity index (χ1v) is 10.8. The molecule has 2 amide bonds. The molecule has 30 heavy (non-hydrogen) atoms. The van der Waals surface area contributed by atoms with Gasteiger partial charge in [0.15, 0.2) is 0 Å². The lowest BCUT2D eigenvalue weighted by Gasteiger charge is -2.33. The molecule has 0 bridgehead atoms.